The number of likely N-dealkylation sites (tertiary alicyclic amines) is 1. The molecule has 16 nitrogen and oxygen atoms in total. The third-order valence-corrected chi connectivity index (χ3v) is 15.8. The Balaban J connectivity index is 1.000. The largest absolute Gasteiger partial charge is 0.497 e. The van der Waals surface area contributed by atoms with Crippen molar-refractivity contribution in [1.82, 2.24) is 34.6 Å². The number of hydrogen-bond acceptors (Lipinski definition) is 10. The van der Waals surface area contributed by atoms with Gasteiger partial charge in [0, 0.05) is 87.0 Å². The lowest BCUT2D eigenvalue weighted by molar-refractivity contribution is -0.146. The Bertz CT molecular complexity index is 2450. The zero-order chi connectivity index (χ0) is 45.3. The molecule has 6 aliphatic rings. The second kappa shape index (κ2) is 18.6. The fourth-order valence-corrected chi connectivity index (χ4v) is 11.3. The molecular weight excluding hydrogens is 851 g/mol. The van der Waals surface area contributed by atoms with Crippen molar-refractivity contribution in [2.24, 2.45) is 11.8 Å². The summed E-state index contributed by atoms with van der Waals surface area (Å²) in [7, 11) is -2.33. The van der Waals surface area contributed by atoms with Crippen molar-refractivity contribution < 1.29 is 41.9 Å². The second-order valence-corrected chi connectivity index (χ2v) is 20.5. The molecule has 2 aliphatic carbocycles. The second-order valence-electron chi connectivity index (χ2n) is 18.5. The number of fused-ring (bicyclic) bond motifs is 3. The van der Waals surface area contributed by atoms with Crippen LogP contribution >= 0.6 is 0 Å². The van der Waals surface area contributed by atoms with Crippen molar-refractivity contribution in [3.8, 4) is 22.8 Å². The van der Waals surface area contributed by atoms with Crippen LogP contribution in [0.5, 0.6) is 11.5 Å². The predicted molar refractivity (Wildman–Crippen MR) is 242 cm³/mol. The average Bonchev–Trinajstić information content (AvgIpc) is 4.18. The molecule has 346 valence electrons. The summed E-state index contributed by atoms with van der Waals surface area (Å²) in [6.07, 6.45) is 9.78. The van der Waals surface area contributed by atoms with Gasteiger partial charge in [-0.05, 0) is 63.5 Å². The summed E-state index contributed by atoms with van der Waals surface area (Å²) in [6.45, 7) is 3.10. The van der Waals surface area contributed by atoms with E-state index < -0.39 is 56.6 Å². The van der Waals surface area contributed by atoms with Gasteiger partial charge < -0.3 is 34.4 Å². The van der Waals surface area contributed by atoms with Gasteiger partial charge in [0.2, 0.25) is 27.7 Å². The maximum atomic E-state index is 15.1. The number of sulfonamides is 1. The number of pyridine rings is 1. The number of methoxy groups -OCH3 is 1. The lowest BCUT2D eigenvalue weighted by Gasteiger charge is -2.37. The smallest absolute Gasteiger partial charge is 0.320 e. The maximum Gasteiger partial charge on any atom is 0.320 e. The van der Waals surface area contributed by atoms with E-state index in [1.807, 2.05) is 71.6 Å². The topological polar surface area (TPSA) is 188 Å². The summed E-state index contributed by atoms with van der Waals surface area (Å²) >= 11 is 0. The molecule has 5 heterocycles. The summed E-state index contributed by atoms with van der Waals surface area (Å²) in [5.41, 5.74) is 0.638. The normalized spacial score (nSPS) is 26.9. The van der Waals surface area contributed by atoms with Crippen LogP contribution in [0.4, 0.5) is 4.79 Å². The Morgan fingerprint density at radius 1 is 0.877 bits per heavy atom. The number of urea groups is 1. The van der Waals surface area contributed by atoms with Crippen molar-refractivity contribution in [2.45, 2.75) is 100.0 Å². The third-order valence-electron chi connectivity index (χ3n) is 14.0. The standard InChI is InChI=1S/C48H59N7O9S/c1-63-35-16-19-38-40(27-35)49-39(32-12-7-5-8-13-32)29-42(38)64-36-28-41-44(57)50-48(46(59)51-65(61,62)37-17-18-37)30-34(48)15-9-4-2-3-6-14-33(45(58)55(41)31-36)26-43(56)52-22-24-54(25-23-52)47(60)53-20-10-11-21-53/h5,7-9,12-13,15-16,19,27,29,33-34,36-37,41H,2-4,6,10-11,14,17-18,20-26,28,30-31H2,1H3,(H,50,57)(H,51,59)/b15-9-/t33-,34?,36-,41+,48-/m1/s1. The molecular formula is C48H59N7O9S. The van der Waals surface area contributed by atoms with Crippen molar-refractivity contribution in [3.05, 3.63) is 66.7 Å². The Labute approximate surface area is 380 Å². The molecule has 3 aromatic rings. The fraction of sp³-hybridized carbons (Fsp3) is 0.542. The minimum absolute atomic E-state index is 0.00804. The van der Waals surface area contributed by atoms with Crippen molar-refractivity contribution >= 4 is 50.6 Å². The molecule has 2 N–H and O–H groups in total. The summed E-state index contributed by atoms with van der Waals surface area (Å²) < 4.78 is 40.6. The van der Waals surface area contributed by atoms with Crippen LogP contribution in [0.15, 0.2) is 66.7 Å². The van der Waals surface area contributed by atoms with E-state index in [-0.39, 0.29) is 43.7 Å². The van der Waals surface area contributed by atoms with Gasteiger partial charge in [-0.3, -0.25) is 23.9 Å². The molecule has 17 heteroatoms. The Morgan fingerprint density at radius 2 is 1.62 bits per heavy atom. The number of benzene rings is 2. The molecule has 2 aromatic carbocycles. The zero-order valence-electron chi connectivity index (χ0n) is 37.0. The van der Waals surface area contributed by atoms with E-state index in [4.69, 9.17) is 14.5 Å². The van der Waals surface area contributed by atoms with Gasteiger partial charge in [-0.15, -0.1) is 0 Å². The van der Waals surface area contributed by atoms with E-state index >= 15 is 4.79 Å². The molecule has 65 heavy (non-hydrogen) atoms. The highest BCUT2D eigenvalue weighted by Gasteiger charge is 2.62. The van der Waals surface area contributed by atoms with Crippen LogP contribution in [0, 0.1) is 11.8 Å². The van der Waals surface area contributed by atoms with Crippen molar-refractivity contribution in [3.63, 3.8) is 0 Å². The predicted octanol–water partition coefficient (Wildman–Crippen LogP) is 4.63. The Morgan fingerprint density at radius 3 is 2.35 bits per heavy atom. The number of hydrogen-bond donors (Lipinski definition) is 2. The van der Waals surface area contributed by atoms with Gasteiger partial charge in [-0.1, -0.05) is 55.3 Å². The van der Waals surface area contributed by atoms with E-state index in [0.29, 0.717) is 86.4 Å². The van der Waals surface area contributed by atoms with E-state index in [9.17, 15) is 27.6 Å². The SMILES string of the molecule is COc1ccc2c(O[C@@H]3C[C@H]4C(=O)N[C@]5(C(=O)NS(=O)(=O)C6CC6)CC5/C=C\CCCCC[C@H](CC(=O)N5CCN(C(=O)N6CCCC6)CC5)C(=O)N4C3)cc(-c3ccccc3)nc2c1. The molecule has 6 amide bonds. The minimum atomic E-state index is -3.92. The number of aromatic nitrogens is 1. The van der Waals surface area contributed by atoms with Crippen LogP contribution in [0.1, 0.15) is 77.0 Å². The molecule has 3 saturated heterocycles. The molecule has 0 spiro atoms. The highest BCUT2D eigenvalue weighted by molar-refractivity contribution is 7.91. The number of carbonyl (C=O) groups is 5. The molecule has 0 radical (unpaired) electrons. The quantitative estimate of drug-likeness (QED) is 0.287. The first-order chi connectivity index (χ1) is 31.4. The number of nitrogens with one attached hydrogen (secondary N) is 2. The molecule has 4 aliphatic heterocycles. The van der Waals surface area contributed by atoms with E-state index in [1.54, 1.807) is 16.9 Å². The molecule has 2 saturated carbocycles. The highest BCUT2D eigenvalue weighted by Crippen LogP contribution is 2.46. The number of amides is 6. The Hall–Kier alpha value is -5.71. The monoisotopic (exact) mass is 909 g/mol. The molecule has 0 bridgehead atoms. The van der Waals surface area contributed by atoms with Crippen molar-refractivity contribution in [1.29, 1.82) is 0 Å². The van der Waals surface area contributed by atoms with Crippen LogP contribution in [-0.4, -0.2) is 139 Å². The fourth-order valence-electron chi connectivity index (χ4n) is 9.91. The summed E-state index contributed by atoms with van der Waals surface area (Å²) in [5.74, 6) is -1.95. The molecule has 5 atom stereocenters. The van der Waals surface area contributed by atoms with Gasteiger partial charge in [0.1, 0.15) is 29.2 Å². The third kappa shape index (κ3) is 9.66. The van der Waals surface area contributed by atoms with Crippen LogP contribution in [-0.2, 0) is 29.2 Å². The lowest BCUT2D eigenvalue weighted by atomic mass is 9.94. The van der Waals surface area contributed by atoms with Crippen LogP contribution in [0.3, 0.4) is 0 Å². The van der Waals surface area contributed by atoms with Gasteiger partial charge in [0.05, 0.1) is 30.1 Å². The zero-order valence-corrected chi connectivity index (χ0v) is 37.8. The van der Waals surface area contributed by atoms with Gasteiger partial charge >= 0.3 is 6.03 Å². The first kappa shape index (κ1) is 44.5. The van der Waals surface area contributed by atoms with Gasteiger partial charge in [0.25, 0.3) is 5.91 Å². The molecule has 1 unspecified atom stereocenters. The number of carbonyl (C=O) groups excluding carboxylic acids is 5. The Kier molecular flexibility index (Phi) is 12.8. The summed E-state index contributed by atoms with van der Waals surface area (Å²) in [5, 5.41) is 3.03. The van der Waals surface area contributed by atoms with Gasteiger partial charge in [-0.25, -0.2) is 18.2 Å². The van der Waals surface area contributed by atoms with E-state index in [0.717, 1.165) is 44.3 Å². The lowest BCUT2D eigenvalue weighted by Crippen LogP contribution is -2.57. The van der Waals surface area contributed by atoms with Crippen LogP contribution in [0.2, 0.25) is 0 Å². The van der Waals surface area contributed by atoms with Crippen molar-refractivity contribution in [2.75, 3.05) is 52.9 Å². The number of ether oxygens (including phenoxy) is 2. The van der Waals surface area contributed by atoms with Gasteiger partial charge in [-0.2, -0.15) is 0 Å². The van der Waals surface area contributed by atoms with E-state index in [1.165, 1.54) is 4.90 Å². The van der Waals surface area contributed by atoms with Crippen LogP contribution < -0.4 is 19.5 Å². The first-order valence-corrected chi connectivity index (χ1v) is 24.8. The summed E-state index contributed by atoms with van der Waals surface area (Å²) in [6, 6.07) is 15.9. The summed E-state index contributed by atoms with van der Waals surface area (Å²) in [4.78, 5) is 82.8. The average molecular weight is 910 g/mol. The highest BCUT2D eigenvalue weighted by atomic mass is 32.2. The number of rotatable bonds is 9. The van der Waals surface area contributed by atoms with Crippen LogP contribution in [0.25, 0.3) is 22.2 Å². The molecule has 9 rings (SSSR count). The number of piperazine rings is 1. The minimum Gasteiger partial charge on any atom is -0.497 e. The first-order valence-electron chi connectivity index (χ1n) is 23.3. The molecule has 1 aromatic heterocycles. The molecule has 5 fully saturated rings. The number of allylic oxidation sites excluding steroid dienone is 1. The van der Waals surface area contributed by atoms with E-state index in [2.05, 4.69) is 10.0 Å². The maximum absolute atomic E-state index is 15.1. The number of nitrogens with zero attached hydrogens (tertiary/aromatic N) is 5. The van der Waals surface area contributed by atoms with Gasteiger partial charge in [0.15, 0.2) is 0 Å².